The van der Waals surface area contributed by atoms with Crippen molar-refractivity contribution in [1.29, 1.82) is 0 Å². The number of benzene rings is 2. The second-order valence-corrected chi connectivity index (χ2v) is 7.99. The molecule has 1 aliphatic rings. The van der Waals surface area contributed by atoms with Gasteiger partial charge in [-0.3, -0.25) is 4.79 Å². The maximum Gasteiger partial charge on any atom is 0.233 e. The molecule has 0 bridgehead atoms. The van der Waals surface area contributed by atoms with Crippen molar-refractivity contribution in [2.24, 2.45) is 0 Å². The van der Waals surface area contributed by atoms with Gasteiger partial charge in [-0.15, -0.1) is 10.2 Å². The van der Waals surface area contributed by atoms with Gasteiger partial charge in [0.1, 0.15) is 5.82 Å². The molecule has 1 saturated heterocycles. The zero-order chi connectivity index (χ0) is 20.9. The first-order chi connectivity index (χ1) is 14.7. The summed E-state index contributed by atoms with van der Waals surface area (Å²) in [5.74, 6) is 1.02. The molecule has 0 radical (unpaired) electrons. The Balaban J connectivity index is 1.33. The Labute approximate surface area is 179 Å². The van der Waals surface area contributed by atoms with E-state index in [2.05, 4.69) is 22.0 Å². The van der Waals surface area contributed by atoms with Crippen molar-refractivity contribution >= 4 is 23.4 Å². The van der Waals surface area contributed by atoms with Crippen molar-refractivity contribution in [3.8, 4) is 11.4 Å². The van der Waals surface area contributed by atoms with E-state index in [1.165, 1.54) is 23.9 Å². The Morgan fingerprint density at radius 1 is 1.00 bits per heavy atom. The van der Waals surface area contributed by atoms with Gasteiger partial charge in [0.2, 0.25) is 5.91 Å². The molecule has 30 heavy (non-hydrogen) atoms. The first-order valence-corrected chi connectivity index (χ1v) is 11.0. The number of rotatable bonds is 6. The predicted molar refractivity (Wildman–Crippen MR) is 117 cm³/mol. The predicted octanol–water partition coefficient (Wildman–Crippen LogP) is 3.55. The summed E-state index contributed by atoms with van der Waals surface area (Å²) in [4.78, 5) is 16.8. The Kier molecular flexibility index (Phi) is 6.32. The van der Waals surface area contributed by atoms with E-state index in [4.69, 9.17) is 0 Å². The molecule has 0 N–H and O–H groups in total. The molecule has 8 heteroatoms. The number of halogens is 1. The lowest BCUT2D eigenvalue weighted by atomic mass is 10.2. The molecule has 1 amide bonds. The number of thioether (sulfide) groups is 1. The number of piperazine rings is 1. The highest BCUT2D eigenvalue weighted by molar-refractivity contribution is 7.99. The molecule has 2 aromatic carbocycles. The van der Waals surface area contributed by atoms with Gasteiger partial charge in [0, 0.05) is 44.0 Å². The number of anilines is 1. The summed E-state index contributed by atoms with van der Waals surface area (Å²) in [7, 11) is 0. The van der Waals surface area contributed by atoms with Crippen LogP contribution in [0.5, 0.6) is 0 Å². The Hall–Kier alpha value is -2.87. The Bertz CT molecular complexity index is 985. The molecule has 0 spiro atoms. The van der Waals surface area contributed by atoms with Crippen molar-refractivity contribution < 1.29 is 9.18 Å². The van der Waals surface area contributed by atoms with Crippen LogP contribution in [-0.4, -0.2) is 57.5 Å². The number of hydrogen-bond acceptors (Lipinski definition) is 5. The summed E-state index contributed by atoms with van der Waals surface area (Å²) < 4.78 is 15.2. The second kappa shape index (κ2) is 9.30. The van der Waals surface area contributed by atoms with Crippen molar-refractivity contribution in [3.05, 3.63) is 60.4 Å². The minimum absolute atomic E-state index is 0.102. The number of hydrogen-bond donors (Lipinski definition) is 0. The summed E-state index contributed by atoms with van der Waals surface area (Å²) in [6.07, 6.45) is 0. The molecule has 0 unspecified atom stereocenters. The summed E-state index contributed by atoms with van der Waals surface area (Å²) in [5.41, 5.74) is 2.00. The fourth-order valence-electron chi connectivity index (χ4n) is 3.56. The zero-order valence-corrected chi connectivity index (χ0v) is 17.7. The number of aromatic nitrogens is 3. The highest BCUT2D eigenvalue weighted by atomic mass is 32.2. The molecule has 2 heterocycles. The Morgan fingerprint density at radius 2 is 1.70 bits per heavy atom. The third kappa shape index (κ3) is 4.48. The van der Waals surface area contributed by atoms with Crippen molar-refractivity contribution in [2.45, 2.75) is 18.6 Å². The van der Waals surface area contributed by atoms with E-state index in [9.17, 15) is 9.18 Å². The van der Waals surface area contributed by atoms with Crippen LogP contribution >= 0.6 is 11.8 Å². The van der Waals surface area contributed by atoms with Gasteiger partial charge < -0.3 is 14.4 Å². The topological polar surface area (TPSA) is 54.3 Å². The molecule has 6 nitrogen and oxygen atoms in total. The number of nitrogens with zero attached hydrogens (tertiary/aromatic N) is 5. The fraction of sp³-hybridized carbons (Fsp3) is 0.318. The van der Waals surface area contributed by atoms with Crippen LogP contribution in [0.15, 0.2) is 59.8 Å². The number of carbonyl (C=O) groups is 1. The molecule has 0 saturated carbocycles. The zero-order valence-electron chi connectivity index (χ0n) is 16.9. The van der Waals surface area contributed by atoms with Gasteiger partial charge in [-0.05, 0) is 31.2 Å². The van der Waals surface area contributed by atoms with Crippen LogP contribution in [0, 0.1) is 5.82 Å². The first kappa shape index (κ1) is 20.4. The van der Waals surface area contributed by atoms with Gasteiger partial charge in [-0.2, -0.15) is 0 Å². The average Bonchev–Trinajstić information content (AvgIpc) is 3.21. The van der Waals surface area contributed by atoms with Gasteiger partial charge in [0.25, 0.3) is 0 Å². The number of carbonyl (C=O) groups excluding carboxylic acids is 1. The summed E-state index contributed by atoms with van der Waals surface area (Å²) in [6.45, 7) is 5.59. The molecule has 1 aliphatic heterocycles. The molecule has 4 rings (SSSR count). The van der Waals surface area contributed by atoms with Crippen LogP contribution in [0.25, 0.3) is 11.4 Å². The molecule has 156 valence electrons. The Morgan fingerprint density at radius 3 is 2.37 bits per heavy atom. The van der Waals surface area contributed by atoms with E-state index in [0.29, 0.717) is 18.8 Å². The van der Waals surface area contributed by atoms with Crippen molar-refractivity contribution in [1.82, 2.24) is 19.7 Å². The van der Waals surface area contributed by atoms with Crippen LogP contribution in [-0.2, 0) is 11.3 Å². The number of amides is 1. The third-order valence-corrected chi connectivity index (χ3v) is 6.17. The van der Waals surface area contributed by atoms with Gasteiger partial charge >= 0.3 is 0 Å². The molecule has 1 aromatic heterocycles. The first-order valence-electron chi connectivity index (χ1n) is 10.1. The minimum atomic E-state index is -0.236. The largest absolute Gasteiger partial charge is 0.368 e. The standard InChI is InChI=1S/C22H24FN5OS/c1-2-28-21(17-6-4-3-5-7-17)24-25-22(28)30-16-20(29)27-14-12-26(13-15-27)19-10-8-18(23)9-11-19/h3-11H,2,12-16H2,1H3. The van der Waals surface area contributed by atoms with Crippen LogP contribution in [0.3, 0.4) is 0 Å². The molecule has 0 aliphatic carbocycles. The van der Waals surface area contributed by atoms with E-state index in [1.807, 2.05) is 39.8 Å². The highest BCUT2D eigenvalue weighted by Gasteiger charge is 2.22. The monoisotopic (exact) mass is 425 g/mol. The lowest BCUT2D eigenvalue weighted by Crippen LogP contribution is -2.49. The van der Waals surface area contributed by atoms with E-state index in [0.717, 1.165) is 41.9 Å². The fourth-order valence-corrected chi connectivity index (χ4v) is 4.47. The normalized spacial score (nSPS) is 14.2. The quantitative estimate of drug-likeness (QED) is 0.566. The molecular formula is C22H24FN5OS. The van der Waals surface area contributed by atoms with E-state index in [1.54, 1.807) is 12.1 Å². The second-order valence-electron chi connectivity index (χ2n) is 7.05. The summed E-state index contributed by atoms with van der Waals surface area (Å²) in [6, 6.07) is 16.5. The average molecular weight is 426 g/mol. The smallest absolute Gasteiger partial charge is 0.233 e. The van der Waals surface area contributed by atoms with Crippen LogP contribution in [0.2, 0.25) is 0 Å². The highest BCUT2D eigenvalue weighted by Crippen LogP contribution is 2.24. The summed E-state index contributed by atoms with van der Waals surface area (Å²) >= 11 is 1.43. The molecule has 0 atom stereocenters. The van der Waals surface area contributed by atoms with E-state index >= 15 is 0 Å². The van der Waals surface area contributed by atoms with Gasteiger partial charge in [0.15, 0.2) is 11.0 Å². The van der Waals surface area contributed by atoms with Gasteiger partial charge in [-0.25, -0.2) is 4.39 Å². The molecular weight excluding hydrogens is 401 g/mol. The van der Waals surface area contributed by atoms with Crippen LogP contribution in [0.4, 0.5) is 10.1 Å². The van der Waals surface area contributed by atoms with Crippen LogP contribution in [0.1, 0.15) is 6.92 Å². The lowest BCUT2D eigenvalue weighted by molar-refractivity contribution is -0.128. The van der Waals surface area contributed by atoms with Gasteiger partial charge in [0.05, 0.1) is 5.75 Å². The van der Waals surface area contributed by atoms with Gasteiger partial charge in [-0.1, -0.05) is 42.1 Å². The van der Waals surface area contributed by atoms with E-state index < -0.39 is 0 Å². The van der Waals surface area contributed by atoms with E-state index in [-0.39, 0.29) is 11.7 Å². The molecule has 1 fully saturated rings. The van der Waals surface area contributed by atoms with Crippen molar-refractivity contribution in [2.75, 3.05) is 36.8 Å². The maximum absolute atomic E-state index is 13.1. The minimum Gasteiger partial charge on any atom is -0.368 e. The third-order valence-electron chi connectivity index (χ3n) is 5.21. The SMILES string of the molecule is CCn1c(SCC(=O)N2CCN(c3ccc(F)cc3)CC2)nnc1-c1ccccc1. The van der Waals surface area contributed by atoms with Crippen molar-refractivity contribution in [3.63, 3.8) is 0 Å². The summed E-state index contributed by atoms with van der Waals surface area (Å²) in [5, 5.41) is 9.40. The maximum atomic E-state index is 13.1. The van der Waals surface area contributed by atoms with Crippen LogP contribution < -0.4 is 4.90 Å². The lowest BCUT2D eigenvalue weighted by Gasteiger charge is -2.36. The molecule has 3 aromatic rings.